The summed E-state index contributed by atoms with van der Waals surface area (Å²) in [6.07, 6.45) is 0.129. The van der Waals surface area contributed by atoms with E-state index in [1.165, 1.54) is 6.07 Å². The van der Waals surface area contributed by atoms with Gasteiger partial charge in [0.25, 0.3) is 0 Å². The second kappa shape index (κ2) is 13.4. The van der Waals surface area contributed by atoms with Gasteiger partial charge in [-0.1, -0.05) is 54.9 Å². The maximum atomic E-state index is 15.5. The molecule has 0 saturated heterocycles. The third-order valence-corrected chi connectivity index (χ3v) is 5.58. The van der Waals surface area contributed by atoms with Crippen LogP contribution in [0.2, 0.25) is 5.02 Å². The molecule has 2 aromatic rings. The maximum absolute atomic E-state index is 15.5. The number of benzene rings is 2. The Kier molecular flexibility index (Phi) is 10.9. The van der Waals surface area contributed by atoms with Crippen LogP contribution in [-0.2, 0) is 9.53 Å². The average molecular weight is 520 g/mol. The van der Waals surface area contributed by atoms with Crippen LogP contribution in [0.4, 0.5) is 9.18 Å². The number of hydrogen-bond acceptors (Lipinski definition) is 5. The fraction of sp³-hybridized carbons (Fsp3) is 0.444. The van der Waals surface area contributed by atoms with Crippen LogP contribution < -0.4 is 16.0 Å². The van der Waals surface area contributed by atoms with Gasteiger partial charge in [-0.2, -0.15) is 0 Å². The molecule has 0 aliphatic carbocycles. The van der Waals surface area contributed by atoms with Gasteiger partial charge in [0.1, 0.15) is 11.4 Å². The van der Waals surface area contributed by atoms with Crippen LogP contribution in [0.5, 0.6) is 0 Å². The Morgan fingerprint density at radius 2 is 1.67 bits per heavy atom. The molecule has 36 heavy (non-hydrogen) atoms. The Morgan fingerprint density at radius 1 is 1.03 bits per heavy atom. The third kappa shape index (κ3) is 8.91. The summed E-state index contributed by atoms with van der Waals surface area (Å²) < 4.78 is 20.7. The lowest BCUT2D eigenvalue weighted by Crippen LogP contribution is -2.40. The van der Waals surface area contributed by atoms with Gasteiger partial charge in [-0.05, 0) is 40.2 Å². The maximum Gasteiger partial charge on any atom is 0.407 e. The quantitative estimate of drug-likeness (QED) is 0.281. The number of carbonyl (C=O) groups excluding carboxylic acids is 3. The molecule has 0 unspecified atom stereocenters. The van der Waals surface area contributed by atoms with Gasteiger partial charge in [0.15, 0.2) is 5.78 Å². The molecule has 0 heterocycles. The summed E-state index contributed by atoms with van der Waals surface area (Å²) in [5.41, 5.74) is -0.0928. The summed E-state index contributed by atoms with van der Waals surface area (Å²) in [6, 6.07) is 10.8. The topological polar surface area (TPSA) is 96.5 Å². The predicted octanol–water partition coefficient (Wildman–Crippen LogP) is 5.17. The first-order valence-corrected chi connectivity index (χ1v) is 12.4. The molecule has 0 aliphatic heterocycles. The van der Waals surface area contributed by atoms with E-state index < -0.39 is 29.3 Å². The summed E-state index contributed by atoms with van der Waals surface area (Å²) in [7, 11) is 0. The lowest BCUT2D eigenvalue weighted by atomic mass is 9.95. The fourth-order valence-electron chi connectivity index (χ4n) is 3.64. The highest BCUT2D eigenvalue weighted by Crippen LogP contribution is 2.30. The Morgan fingerprint density at radius 3 is 2.28 bits per heavy atom. The number of ketones is 1. The Labute approximate surface area is 217 Å². The van der Waals surface area contributed by atoms with E-state index in [0.717, 1.165) is 0 Å². The van der Waals surface area contributed by atoms with Crippen LogP contribution in [0.3, 0.4) is 0 Å². The molecule has 0 saturated carbocycles. The summed E-state index contributed by atoms with van der Waals surface area (Å²) in [5, 5.41) is 8.63. The van der Waals surface area contributed by atoms with Crippen molar-refractivity contribution in [3.63, 3.8) is 0 Å². The molecule has 0 fully saturated rings. The first-order chi connectivity index (χ1) is 16.9. The SMILES string of the molecule is CC[C@@H](N[C@@H](C)CC(=O)NCCNC(=O)OC(C)(C)C)c1ccc(Cl)c(C(=O)c2ccccc2)c1F. The lowest BCUT2D eigenvalue weighted by Gasteiger charge is -2.24. The minimum absolute atomic E-state index is 0.0485. The van der Waals surface area contributed by atoms with Crippen LogP contribution >= 0.6 is 11.6 Å². The van der Waals surface area contributed by atoms with E-state index in [1.807, 2.05) is 13.8 Å². The van der Waals surface area contributed by atoms with Crippen LogP contribution in [0.1, 0.15) is 75.0 Å². The van der Waals surface area contributed by atoms with Crippen LogP contribution in [0.15, 0.2) is 42.5 Å². The van der Waals surface area contributed by atoms with Gasteiger partial charge < -0.3 is 20.7 Å². The van der Waals surface area contributed by atoms with Gasteiger partial charge in [0.05, 0.1) is 10.6 Å². The predicted molar refractivity (Wildman–Crippen MR) is 139 cm³/mol. The van der Waals surface area contributed by atoms with Crippen LogP contribution in [0, 0.1) is 5.82 Å². The monoisotopic (exact) mass is 519 g/mol. The Hall–Kier alpha value is -2.97. The van der Waals surface area contributed by atoms with Crippen molar-refractivity contribution in [3.8, 4) is 0 Å². The number of hydrogen-bond donors (Lipinski definition) is 3. The molecule has 7 nitrogen and oxygen atoms in total. The van der Waals surface area contributed by atoms with Crippen molar-refractivity contribution in [2.75, 3.05) is 13.1 Å². The van der Waals surface area contributed by atoms with E-state index >= 15 is 4.39 Å². The van der Waals surface area contributed by atoms with Gasteiger partial charge in [0.2, 0.25) is 5.91 Å². The molecule has 0 aromatic heterocycles. The van der Waals surface area contributed by atoms with Crippen molar-refractivity contribution >= 4 is 29.4 Å². The summed E-state index contributed by atoms with van der Waals surface area (Å²) >= 11 is 6.21. The molecule has 196 valence electrons. The molecule has 0 radical (unpaired) electrons. The molecule has 9 heteroatoms. The molecule has 3 N–H and O–H groups in total. The van der Waals surface area contributed by atoms with Crippen molar-refractivity contribution in [1.82, 2.24) is 16.0 Å². The molecule has 0 bridgehead atoms. The van der Waals surface area contributed by atoms with Crippen LogP contribution in [-0.4, -0.2) is 42.5 Å². The number of amides is 2. The molecule has 2 aromatic carbocycles. The first kappa shape index (κ1) is 29.3. The molecular weight excluding hydrogens is 485 g/mol. The highest BCUT2D eigenvalue weighted by molar-refractivity contribution is 6.35. The molecular formula is C27H35ClFN3O4. The van der Waals surface area contributed by atoms with Crippen molar-refractivity contribution in [1.29, 1.82) is 0 Å². The standard InChI is InChI=1S/C27H35ClFN3O4/c1-6-21(32-17(2)16-22(33)30-14-15-31-26(35)36-27(3,4)5)19-12-13-20(28)23(24(19)29)25(34)18-10-8-7-9-11-18/h7-13,17,21,32H,6,14-16H2,1-5H3,(H,30,33)(H,31,35)/t17-,21+/m0/s1. The highest BCUT2D eigenvalue weighted by atomic mass is 35.5. The summed E-state index contributed by atoms with van der Waals surface area (Å²) in [6.45, 7) is 9.50. The Bertz CT molecular complexity index is 1060. The number of nitrogens with one attached hydrogen (secondary N) is 3. The second-order valence-corrected chi connectivity index (χ2v) is 9.94. The van der Waals surface area contributed by atoms with E-state index in [9.17, 15) is 14.4 Å². The lowest BCUT2D eigenvalue weighted by molar-refractivity contribution is -0.121. The van der Waals surface area contributed by atoms with E-state index in [2.05, 4.69) is 16.0 Å². The highest BCUT2D eigenvalue weighted by Gasteiger charge is 2.25. The van der Waals surface area contributed by atoms with Gasteiger partial charge in [0, 0.05) is 42.7 Å². The normalized spacial score (nSPS) is 13.0. The van der Waals surface area contributed by atoms with Gasteiger partial charge in [-0.3, -0.25) is 9.59 Å². The molecule has 2 atom stereocenters. The van der Waals surface area contributed by atoms with Crippen molar-refractivity contribution in [2.24, 2.45) is 0 Å². The molecule has 2 rings (SSSR count). The second-order valence-electron chi connectivity index (χ2n) is 9.53. The zero-order chi connectivity index (χ0) is 26.9. The number of rotatable bonds is 11. The van der Waals surface area contributed by atoms with Crippen molar-refractivity contribution < 1.29 is 23.5 Å². The number of alkyl carbamates (subject to hydrolysis) is 1. The molecule has 0 spiro atoms. The largest absolute Gasteiger partial charge is 0.444 e. The van der Waals surface area contributed by atoms with E-state index in [0.29, 0.717) is 17.5 Å². The van der Waals surface area contributed by atoms with Crippen molar-refractivity contribution in [2.45, 2.75) is 65.1 Å². The molecule has 2 amide bonds. The van der Waals surface area contributed by atoms with Crippen LogP contribution in [0.25, 0.3) is 0 Å². The smallest absolute Gasteiger partial charge is 0.407 e. The summed E-state index contributed by atoms with van der Waals surface area (Å²) in [4.78, 5) is 36.9. The van der Waals surface area contributed by atoms with Crippen molar-refractivity contribution in [3.05, 3.63) is 70.0 Å². The van der Waals surface area contributed by atoms with E-state index in [1.54, 1.807) is 57.2 Å². The summed E-state index contributed by atoms with van der Waals surface area (Å²) in [5.74, 6) is -1.37. The zero-order valence-electron chi connectivity index (χ0n) is 21.4. The van der Waals surface area contributed by atoms with Gasteiger partial charge in [-0.25, -0.2) is 9.18 Å². The number of ether oxygens (including phenoxy) is 1. The minimum atomic E-state index is -0.666. The number of carbonyl (C=O) groups is 3. The minimum Gasteiger partial charge on any atom is -0.444 e. The third-order valence-electron chi connectivity index (χ3n) is 5.26. The first-order valence-electron chi connectivity index (χ1n) is 12.0. The zero-order valence-corrected chi connectivity index (χ0v) is 22.2. The fourth-order valence-corrected chi connectivity index (χ4v) is 3.87. The van der Waals surface area contributed by atoms with E-state index in [-0.39, 0.29) is 42.0 Å². The average Bonchev–Trinajstić information content (AvgIpc) is 2.80. The van der Waals surface area contributed by atoms with E-state index in [4.69, 9.17) is 16.3 Å². The number of halogens is 2. The Balaban J connectivity index is 1.96. The van der Waals surface area contributed by atoms with Gasteiger partial charge in [-0.15, -0.1) is 0 Å². The van der Waals surface area contributed by atoms with Gasteiger partial charge >= 0.3 is 6.09 Å². The molecule has 0 aliphatic rings.